The van der Waals surface area contributed by atoms with Gasteiger partial charge in [0.15, 0.2) is 0 Å². The van der Waals surface area contributed by atoms with Gasteiger partial charge in [-0.1, -0.05) is 0 Å². The van der Waals surface area contributed by atoms with Crippen molar-refractivity contribution in [3.63, 3.8) is 0 Å². The Labute approximate surface area is 84.4 Å². The van der Waals surface area contributed by atoms with Gasteiger partial charge in [0, 0.05) is 11.4 Å². The first-order chi connectivity index (χ1) is 7.24. The molecule has 0 saturated heterocycles. The van der Waals surface area contributed by atoms with Gasteiger partial charge in [-0.2, -0.15) is 9.36 Å². The van der Waals surface area contributed by atoms with Gasteiger partial charge in [-0.25, -0.2) is 4.98 Å². The van der Waals surface area contributed by atoms with Crippen LogP contribution in [-0.4, -0.2) is 11.0 Å². The van der Waals surface area contributed by atoms with Crippen molar-refractivity contribution in [2.75, 3.05) is 5.43 Å². The number of fused-ring (bicyclic) bond motifs is 4. The maximum Gasteiger partial charge on any atom is 0.493 e. The molecule has 1 aliphatic rings. The first-order valence-electron chi connectivity index (χ1n) is 4.41. The standard InChI is InChI=1S/C9H7N5O/c10-9(15)14-3-5-1-7-6(2-11-13-7)8(4-14)12-5/h1-4,12H,(H2,10,15)/p+1. The number of carbonyl (C=O) groups is 1. The van der Waals surface area contributed by atoms with Crippen LogP contribution in [0.1, 0.15) is 0 Å². The summed E-state index contributed by atoms with van der Waals surface area (Å²) < 4.78 is 1.32. The minimum atomic E-state index is -0.517. The van der Waals surface area contributed by atoms with Crippen molar-refractivity contribution in [2.24, 2.45) is 5.73 Å². The molecule has 3 rings (SSSR count). The first kappa shape index (κ1) is 7.98. The van der Waals surface area contributed by atoms with E-state index < -0.39 is 6.03 Å². The Kier molecular flexibility index (Phi) is 1.37. The second-order valence-electron chi connectivity index (χ2n) is 3.31. The molecule has 0 saturated carbocycles. The summed E-state index contributed by atoms with van der Waals surface area (Å²) in [5.74, 6) is 0. The summed E-state index contributed by atoms with van der Waals surface area (Å²) in [6.45, 7) is 0. The highest BCUT2D eigenvalue weighted by atomic mass is 16.2. The van der Waals surface area contributed by atoms with E-state index in [1.165, 1.54) is 4.57 Å². The number of hydrogen-bond acceptors (Lipinski definition) is 4. The predicted octanol–water partition coefficient (Wildman–Crippen LogP) is -1.16. The average molecular weight is 202 g/mol. The van der Waals surface area contributed by atoms with Gasteiger partial charge in [0.2, 0.25) is 0 Å². The minimum absolute atomic E-state index is 0.517. The molecule has 4 N–H and O–H groups in total. The summed E-state index contributed by atoms with van der Waals surface area (Å²) >= 11 is 0. The molecule has 0 atom stereocenters. The Morgan fingerprint density at radius 2 is 2.33 bits per heavy atom. The highest BCUT2D eigenvalue weighted by Gasteiger charge is 2.12. The molecular weight excluding hydrogens is 194 g/mol. The normalized spacial score (nSPS) is 12.8. The van der Waals surface area contributed by atoms with E-state index in [0.29, 0.717) is 5.52 Å². The summed E-state index contributed by atoms with van der Waals surface area (Å²) in [5, 5.41) is 0.929. The molecule has 1 aliphatic heterocycles. The Morgan fingerprint density at radius 1 is 1.47 bits per heavy atom. The third-order valence-electron chi connectivity index (χ3n) is 2.32. The lowest BCUT2D eigenvalue weighted by Crippen LogP contribution is -2.47. The predicted molar refractivity (Wildman–Crippen MR) is 53.4 cm³/mol. The smallest absolute Gasteiger partial charge is 0.307 e. The second kappa shape index (κ2) is 2.57. The Bertz CT molecular complexity index is 621. The van der Waals surface area contributed by atoms with E-state index in [0.717, 1.165) is 16.4 Å². The van der Waals surface area contributed by atoms with Crippen molar-refractivity contribution in [3.8, 4) is 0 Å². The van der Waals surface area contributed by atoms with Crippen molar-refractivity contribution in [1.29, 1.82) is 0 Å². The highest BCUT2D eigenvalue weighted by Crippen LogP contribution is 2.08. The van der Waals surface area contributed by atoms with Crippen LogP contribution >= 0.6 is 0 Å². The number of carbonyl (C=O) groups excluding carboxylic acids is 1. The second-order valence-corrected chi connectivity index (χ2v) is 3.31. The van der Waals surface area contributed by atoms with Crippen LogP contribution in [-0.2, 0) is 0 Å². The molecule has 0 unspecified atom stereocenters. The molecule has 2 aromatic heterocycles. The van der Waals surface area contributed by atoms with Crippen molar-refractivity contribution < 1.29 is 9.36 Å². The molecule has 1 amide bonds. The van der Waals surface area contributed by atoms with Crippen molar-refractivity contribution in [3.05, 3.63) is 23.7 Å². The number of amides is 1. The lowest BCUT2D eigenvalue weighted by Gasteiger charge is -2.01. The van der Waals surface area contributed by atoms with E-state index in [-0.39, 0.29) is 0 Å². The summed E-state index contributed by atoms with van der Waals surface area (Å²) in [7, 11) is 0. The molecule has 2 aromatic rings. The molecule has 0 aromatic carbocycles. The first-order valence-corrected chi connectivity index (χ1v) is 4.41. The molecule has 74 valence electrons. The maximum atomic E-state index is 11.0. The van der Waals surface area contributed by atoms with Crippen LogP contribution in [0.3, 0.4) is 0 Å². The third kappa shape index (κ3) is 1.08. The van der Waals surface area contributed by atoms with E-state index in [1.807, 2.05) is 6.07 Å². The van der Waals surface area contributed by atoms with Crippen LogP contribution in [0.2, 0.25) is 0 Å². The monoisotopic (exact) mass is 202 g/mol. The Morgan fingerprint density at radius 3 is 3.13 bits per heavy atom. The van der Waals surface area contributed by atoms with E-state index in [9.17, 15) is 4.79 Å². The number of pyridine rings is 1. The van der Waals surface area contributed by atoms with E-state index in [4.69, 9.17) is 5.73 Å². The number of rotatable bonds is 0. The van der Waals surface area contributed by atoms with Crippen molar-refractivity contribution >= 4 is 29.0 Å². The van der Waals surface area contributed by atoms with Crippen LogP contribution in [0.4, 0.5) is 10.5 Å². The summed E-state index contributed by atoms with van der Waals surface area (Å²) in [4.78, 5) is 15.3. The number of nitrogens with two attached hydrogens (primary N) is 1. The zero-order valence-electron chi connectivity index (χ0n) is 7.69. The highest BCUT2D eigenvalue weighted by molar-refractivity contribution is 5.73. The van der Waals surface area contributed by atoms with Crippen LogP contribution < -0.4 is 26.4 Å². The number of aromatic nitrogens is 2. The fourth-order valence-electron chi connectivity index (χ4n) is 1.64. The molecule has 0 aliphatic carbocycles. The van der Waals surface area contributed by atoms with Gasteiger partial charge in [0.25, 0.3) is 0 Å². The van der Waals surface area contributed by atoms with Gasteiger partial charge in [0.05, 0.1) is 5.69 Å². The van der Waals surface area contributed by atoms with Crippen LogP contribution in [0.15, 0.2) is 18.5 Å². The summed E-state index contributed by atoms with van der Waals surface area (Å²) in [6, 6.07) is 1.33. The molecule has 15 heavy (non-hydrogen) atoms. The molecule has 6 heteroatoms. The Balaban J connectivity index is 2.41. The quantitative estimate of drug-likeness (QED) is 0.470. The lowest BCUT2D eigenvalue weighted by atomic mass is 10.2. The largest absolute Gasteiger partial charge is 0.493 e. The molecule has 0 spiro atoms. The zero-order chi connectivity index (χ0) is 10.4. The third-order valence-corrected chi connectivity index (χ3v) is 2.32. The number of hydrogen-bond donors (Lipinski definition) is 3. The summed E-state index contributed by atoms with van der Waals surface area (Å²) in [6.07, 6.45) is 5.00. The molecule has 0 radical (unpaired) electrons. The van der Waals surface area contributed by atoms with Crippen molar-refractivity contribution in [2.45, 2.75) is 0 Å². The Hall–Kier alpha value is -2.37. The molecule has 3 heterocycles. The van der Waals surface area contributed by atoms with Crippen LogP contribution in [0, 0.1) is 0 Å². The van der Waals surface area contributed by atoms with Crippen LogP contribution in [0.5, 0.6) is 0 Å². The number of primary amides is 1. The van der Waals surface area contributed by atoms with Gasteiger partial charge in [-0.15, -0.1) is 0 Å². The van der Waals surface area contributed by atoms with Gasteiger partial charge in [-0.05, 0) is 6.07 Å². The maximum absolute atomic E-state index is 11.0. The van der Waals surface area contributed by atoms with Gasteiger partial charge in [-0.3, -0.25) is 5.73 Å². The molecular formula is C9H8N5O+. The lowest BCUT2D eigenvalue weighted by molar-refractivity contribution is -0.567. The fourth-order valence-corrected chi connectivity index (χ4v) is 1.64. The van der Waals surface area contributed by atoms with E-state index >= 15 is 0 Å². The zero-order valence-corrected chi connectivity index (χ0v) is 7.69. The molecule has 2 bridgehead atoms. The average Bonchev–Trinajstić information content (AvgIpc) is 2.65. The molecule has 0 fully saturated rings. The fraction of sp³-hybridized carbons (Fsp3) is 0. The van der Waals surface area contributed by atoms with Gasteiger partial charge < -0.3 is 10.9 Å². The van der Waals surface area contributed by atoms with E-state index in [1.54, 1.807) is 18.6 Å². The SMILES string of the molecule is NC(=O)[n+]1cc2cc3c(c(c1)n2)=CNN3. The summed E-state index contributed by atoms with van der Waals surface area (Å²) in [5.41, 5.74) is 13.4. The number of nitrogens with one attached hydrogen (secondary N) is 2. The number of hydrazine groups is 1. The van der Waals surface area contributed by atoms with E-state index in [2.05, 4.69) is 15.8 Å². The molecule has 6 nitrogen and oxygen atoms in total. The van der Waals surface area contributed by atoms with Gasteiger partial charge >= 0.3 is 6.03 Å². The van der Waals surface area contributed by atoms with Crippen molar-refractivity contribution in [1.82, 2.24) is 10.4 Å². The minimum Gasteiger partial charge on any atom is -0.307 e. The topological polar surface area (TPSA) is 83.9 Å². The van der Waals surface area contributed by atoms with Crippen LogP contribution in [0.25, 0.3) is 17.2 Å². The number of nitrogens with zero attached hydrogens (tertiary/aromatic N) is 2. The number of anilines is 1. The van der Waals surface area contributed by atoms with Gasteiger partial charge in [0.1, 0.15) is 23.4 Å².